The largest absolute Gasteiger partial charge is 0.507 e. The average Bonchev–Trinajstić information content (AvgIpc) is 2.56. The van der Waals surface area contributed by atoms with E-state index in [9.17, 15) is 10.0 Å². The van der Waals surface area contributed by atoms with Gasteiger partial charge in [-0.15, -0.1) is 0 Å². The number of nitroso groups, excluding NO2 is 1. The summed E-state index contributed by atoms with van der Waals surface area (Å²) in [5, 5.41) is 13.1. The maximum Gasteiger partial charge on any atom is 0.139 e. The van der Waals surface area contributed by atoms with E-state index in [1.165, 1.54) is 23.3 Å². The molecular weight excluding hydrogens is 329 g/mol. The lowest BCUT2D eigenvalue weighted by Gasteiger charge is -2.42. The Morgan fingerprint density at radius 1 is 1.08 bits per heavy atom. The molecule has 0 radical (unpaired) electrons. The quantitative estimate of drug-likeness (QED) is 0.674. The van der Waals surface area contributed by atoms with Crippen LogP contribution in [0.25, 0.3) is 11.1 Å². The van der Waals surface area contributed by atoms with E-state index in [4.69, 9.17) is 0 Å². The number of halogens is 1. The molecule has 0 fully saturated rings. The van der Waals surface area contributed by atoms with E-state index in [1.54, 1.807) is 0 Å². The predicted molar refractivity (Wildman–Crippen MR) is 103 cm³/mol. The van der Waals surface area contributed by atoms with Gasteiger partial charge in [0.1, 0.15) is 18.1 Å². The third kappa shape index (κ3) is 2.91. The first kappa shape index (κ1) is 18.6. The van der Waals surface area contributed by atoms with Gasteiger partial charge in [0.15, 0.2) is 0 Å². The maximum atomic E-state index is 15.0. The molecule has 0 aliphatic heterocycles. The highest BCUT2D eigenvalue weighted by Gasteiger charge is 2.37. The molecule has 0 aromatic heterocycles. The van der Waals surface area contributed by atoms with Gasteiger partial charge in [0, 0.05) is 5.56 Å². The molecule has 0 saturated heterocycles. The topological polar surface area (TPSA) is 49.7 Å². The minimum atomic E-state index is -0.569. The molecule has 1 aliphatic carbocycles. The molecule has 0 saturated carbocycles. The van der Waals surface area contributed by atoms with Crippen LogP contribution in [0.3, 0.4) is 0 Å². The molecule has 0 spiro atoms. The lowest BCUT2D eigenvalue weighted by Crippen LogP contribution is -2.34. The summed E-state index contributed by atoms with van der Waals surface area (Å²) in [6, 6.07) is 7.01. The van der Waals surface area contributed by atoms with E-state index in [1.807, 2.05) is 13.0 Å². The minimum Gasteiger partial charge on any atom is -0.507 e. The van der Waals surface area contributed by atoms with Crippen molar-refractivity contribution >= 4 is 0 Å². The highest BCUT2D eigenvalue weighted by Crippen LogP contribution is 2.48. The number of aromatic hydroxyl groups is 1. The van der Waals surface area contributed by atoms with Crippen LogP contribution < -0.4 is 0 Å². The van der Waals surface area contributed by atoms with Crippen molar-refractivity contribution in [3.8, 4) is 16.9 Å². The molecule has 3 nitrogen and oxygen atoms in total. The molecule has 0 heterocycles. The summed E-state index contributed by atoms with van der Waals surface area (Å²) in [4.78, 5) is 10.6. The predicted octanol–water partition coefficient (Wildman–Crippen LogP) is 6.12. The van der Waals surface area contributed by atoms with Crippen LogP contribution in [0, 0.1) is 17.6 Å². The molecule has 0 atom stereocenters. The van der Waals surface area contributed by atoms with E-state index in [0.29, 0.717) is 5.56 Å². The van der Waals surface area contributed by atoms with Gasteiger partial charge in [-0.2, -0.15) is 4.91 Å². The number of hydrogen-bond donors (Lipinski definition) is 1. The van der Waals surface area contributed by atoms with Gasteiger partial charge in [-0.3, -0.25) is 0 Å². The van der Waals surface area contributed by atoms with Crippen molar-refractivity contribution in [3.05, 3.63) is 57.2 Å². The molecule has 1 N–H and O–H groups in total. The van der Waals surface area contributed by atoms with Crippen LogP contribution in [0.15, 0.2) is 29.4 Å². The molecule has 4 heteroatoms. The van der Waals surface area contributed by atoms with Crippen LogP contribution >= 0.6 is 0 Å². The molecule has 0 bridgehead atoms. The standard InChI is InChI=1S/C22H26FNO2/c1-13-10-16-17(22(4,5)9-8-21(16,2)3)11-15(13)19-18(25)7-6-14(12-24-26)20(19)23/h6-7,10-11,25H,8-9,12H2,1-5H3. The Hall–Kier alpha value is -2.23. The fourth-order valence-corrected chi connectivity index (χ4v) is 4.05. The van der Waals surface area contributed by atoms with Gasteiger partial charge in [-0.1, -0.05) is 45.0 Å². The molecule has 0 amide bonds. The van der Waals surface area contributed by atoms with Crippen LogP contribution in [0.5, 0.6) is 5.75 Å². The maximum absolute atomic E-state index is 15.0. The lowest BCUT2D eigenvalue weighted by atomic mass is 9.62. The average molecular weight is 355 g/mol. The fraction of sp³-hybridized carbons (Fsp3) is 0.455. The Kier molecular flexibility index (Phi) is 4.41. The Morgan fingerprint density at radius 2 is 1.65 bits per heavy atom. The van der Waals surface area contributed by atoms with Crippen molar-refractivity contribution < 1.29 is 9.50 Å². The van der Waals surface area contributed by atoms with E-state index in [2.05, 4.69) is 38.9 Å². The van der Waals surface area contributed by atoms with E-state index in [-0.39, 0.29) is 34.3 Å². The second-order valence-corrected chi connectivity index (χ2v) is 8.70. The number of aryl methyl sites for hydroxylation is 1. The normalized spacial score (nSPS) is 17.6. The Balaban J connectivity index is 2.29. The SMILES string of the molecule is Cc1cc2c(cc1-c1c(O)ccc(CN=O)c1F)C(C)(C)CCC2(C)C. The van der Waals surface area contributed by atoms with Crippen molar-refractivity contribution in [2.24, 2.45) is 5.18 Å². The fourth-order valence-electron chi connectivity index (χ4n) is 4.05. The van der Waals surface area contributed by atoms with Crippen molar-refractivity contribution in [2.75, 3.05) is 0 Å². The van der Waals surface area contributed by atoms with Gasteiger partial charge in [0.05, 0.1) is 5.56 Å². The second kappa shape index (κ2) is 6.19. The van der Waals surface area contributed by atoms with Crippen LogP contribution in [0.1, 0.15) is 62.8 Å². The first-order chi connectivity index (χ1) is 12.1. The molecule has 2 aromatic carbocycles. The third-order valence-electron chi connectivity index (χ3n) is 5.90. The van der Waals surface area contributed by atoms with Gasteiger partial charge >= 0.3 is 0 Å². The lowest BCUT2D eigenvalue weighted by molar-refractivity contribution is 0.332. The first-order valence-corrected chi connectivity index (χ1v) is 9.04. The number of benzene rings is 2. The van der Waals surface area contributed by atoms with Crippen molar-refractivity contribution in [3.63, 3.8) is 0 Å². The third-order valence-corrected chi connectivity index (χ3v) is 5.90. The second-order valence-electron chi connectivity index (χ2n) is 8.70. The van der Waals surface area contributed by atoms with E-state index in [0.717, 1.165) is 18.4 Å². The molecular formula is C22H26FNO2. The number of fused-ring (bicyclic) bond motifs is 1. The molecule has 0 unspecified atom stereocenters. The Bertz CT molecular complexity index is 884. The van der Waals surface area contributed by atoms with Crippen molar-refractivity contribution in [2.45, 2.75) is 64.8 Å². The monoisotopic (exact) mass is 355 g/mol. The van der Waals surface area contributed by atoms with Gasteiger partial charge in [-0.05, 0) is 65.0 Å². The summed E-state index contributed by atoms with van der Waals surface area (Å²) in [6.07, 6.45) is 2.16. The highest BCUT2D eigenvalue weighted by molar-refractivity contribution is 5.76. The molecule has 26 heavy (non-hydrogen) atoms. The zero-order valence-corrected chi connectivity index (χ0v) is 16.1. The summed E-state index contributed by atoms with van der Waals surface area (Å²) in [7, 11) is 0. The zero-order valence-electron chi connectivity index (χ0n) is 16.1. The summed E-state index contributed by atoms with van der Waals surface area (Å²) >= 11 is 0. The summed E-state index contributed by atoms with van der Waals surface area (Å²) in [5.41, 5.74) is 4.50. The van der Waals surface area contributed by atoms with Crippen LogP contribution in [-0.4, -0.2) is 5.11 Å². The zero-order chi connectivity index (χ0) is 19.3. The van der Waals surface area contributed by atoms with E-state index < -0.39 is 5.82 Å². The van der Waals surface area contributed by atoms with Crippen molar-refractivity contribution in [1.29, 1.82) is 0 Å². The molecule has 1 aliphatic rings. The van der Waals surface area contributed by atoms with Crippen LogP contribution in [0.4, 0.5) is 4.39 Å². The Labute approximate surface area is 154 Å². The molecule has 2 aromatic rings. The Morgan fingerprint density at radius 3 is 2.23 bits per heavy atom. The number of rotatable bonds is 3. The number of hydrogen-bond acceptors (Lipinski definition) is 3. The van der Waals surface area contributed by atoms with Gasteiger partial charge < -0.3 is 5.11 Å². The first-order valence-electron chi connectivity index (χ1n) is 9.04. The van der Waals surface area contributed by atoms with Crippen LogP contribution in [-0.2, 0) is 17.4 Å². The summed E-state index contributed by atoms with van der Waals surface area (Å²) in [5.74, 6) is -0.686. The minimum absolute atomic E-state index is 0.0125. The summed E-state index contributed by atoms with van der Waals surface area (Å²) in [6.45, 7) is 10.6. The highest BCUT2D eigenvalue weighted by atomic mass is 19.1. The number of nitrogens with zero attached hydrogens (tertiary/aromatic N) is 1. The van der Waals surface area contributed by atoms with Gasteiger partial charge in [-0.25, -0.2) is 4.39 Å². The van der Waals surface area contributed by atoms with E-state index >= 15 is 4.39 Å². The van der Waals surface area contributed by atoms with Crippen LogP contribution in [0.2, 0.25) is 0 Å². The summed E-state index contributed by atoms with van der Waals surface area (Å²) < 4.78 is 15.0. The smallest absolute Gasteiger partial charge is 0.139 e. The van der Waals surface area contributed by atoms with Crippen molar-refractivity contribution in [1.82, 2.24) is 0 Å². The van der Waals surface area contributed by atoms with Gasteiger partial charge in [0.25, 0.3) is 0 Å². The molecule has 138 valence electrons. The van der Waals surface area contributed by atoms with Gasteiger partial charge in [0.2, 0.25) is 0 Å². The molecule has 3 rings (SSSR count). The number of phenols is 1. The number of phenolic OH excluding ortho intramolecular Hbond substituents is 1.